The van der Waals surface area contributed by atoms with E-state index in [1.807, 2.05) is 4.90 Å². The summed E-state index contributed by atoms with van der Waals surface area (Å²) in [5.41, 5.74) is -0.333. The van der Waals surface area contributed by atoms with Crippen molar-refractivity contribution in [3.63, 3.8) is 0 Å². The minimum atomic E-state index is -0.333. The van der Waals surface area contributed by atoms with Gasteiger partial charge in [0.1, 0.15) is 0 Å². The Labute approximate surface area is 156 Å². The molecule has 26 heavy (non-hydrogen) atoms. The molecule has 6 nitrogen and oxygen atoms in total. The highest BCUT2D eigenvalue weighted by atomic mass is 16.5. The fourth-order valence-corrected chi connectivity index (χ4v) is 5.38. The maximum absolute atomic E-state index is 13.3. The highest BCUT2D eigenvalue weighted by Crippen LogP contribution is 2.41. The molecular weight excluding hydrogens is 330 g/mol. The van der Waals surface area contributed by atoms with E-state index in [0.717, 1.165) is 64.7 Å². The van der Waals surface area contributed by atoms with Gasteiger partial charge in [-0.2, -0.15) is 0 Å². The van der Waals surface area contributed by atoms with Gasteiger partial charge in [0, 0.05) is 44.9 Å². The molecule has 0 radical (unpaired) electrons. The number of nitrogens with zero attached hydrogens (tertiary/aromatic N) is 2. The minimum Gasteiger partial charge on any atom is -0.381 e. The van der Waals surface area contributed by atoms with E-state index in [2.05, 4.69) is 10.2 Å². The van der Waals surface area contributed by atoms with Gasteiger partial charge in [-0.05, 0) is 44.9 Å². The molecule has 1 atom stereocenters. The van der Waals surface area contributed by atoms with E-state index in [1.165, 1.54) is 19.3 Å². The van der Waals surface area contributed by atoms with Gasteiger partial charge in [-0.3, -0.25) is 4.79 Å². The molecule has 4 fully saturated rings. The van der Waals surface area contributed by atoms with E-state index >= 15 is 0 Å². The van der Waals surface area contributed by atoms with E-state index < -0.39 is 0 Å². The molecular formula is C20H33N3O3. The predicted octanol–water partition coefficient (Wildman–Crippen LogP) is 2.52. The fourth-order valence-electron chi connectivity index (χ4n) is 5.38. The number of urea groups is 1. The first-order valence-corrected chi connectivity index (χ1v) is 10.6. The lowest BCUT2D eigenvalue weighted by Gasteiger charge is -2.44. The van der Waals surface area contributed by atoms with Crippen molar-refractivity contribution in [3.05, 3.63) is 0 Å². The highest BCUT2D eigenvalue weighted by Gasteiger charge is 2.50. The van der Waals surface area contributed by atoms with Gasteiger partial charge in [0.05, 0.1) is 5.41 Å². The van der Waals surface area contributed by atoms with E-state index in [-0.39, 0.29) is 11.4 Å². The zero-order chi connectivity index (χ0) is 18.0. The quantitative estimate of drug-likeness (QED) is 0.820. The number of likely N-dealkylation sites (tertiary alicyclic amines) is 2. The molecule has 4 aliphatic rings. The molecule has 1 N–H and O–H groups in total. The first-order valence-electron chi connectivity index (χ1n) is 10.6. The van der Waals surface area contributed by atoms with Crippen molar-refractivity contribution in [2.45, 2.75) is 76.3 Å². The molecule has 3 heterocycles. The molecule has 3 amide bonds. The molecule has 4 rings (SSSR count). The van der Waals surface area contributed by atoms with E-state index in [9.17, 15) is 9.59 Å². The Hall–Kier alpha value is -1.30. The van der Waals surface area contributed by atoms with Crippen molar-refractivity contribution >= 4 is 11.9 Å². The molecule has 1 saturated carbocycles. The van der Waals surface area contributed by atoms with Crippen LogP contribution in [-0.2, 0) is 9.53 Å². The molecule has 3 aliphatic heterocycles. The molecule has 3 saturated heterocycles. The minimum absolute atomic E-state index is 0.0461. The van der Waals surface area contributed by atoms with E-state index in [1.54, 1.807) is 0 Å². The number of hydrogen-bond donors (Lipinski definition) is 1. The van der Waals surface area contributed by atoms with Gasteiger partial charge >= 0.3 is 6.03 Å². The standard InChI is InChI=1S/C20H33N3O3/c24-18-20(9-4-11-23(18)17-7-13-26-14-8-17)10-12-22(15-20)19(25)21-16-5-2-1-3-6-16/h16-17H,1-15H2,(H,21,25)/t20-/m0/s1. The Bertz CT molecular complexity index is 528. The summed E-state index contributed by atoms with van der Waals surface area (Å²) in [4.78, 5) is 30.1. The smallest absolute Gasteiger partial charge is 0.317 e. The van der Waals surface area contributed by atoms with E-state index in [0.29, 0.717) is 31.1 Å². The topological polar surface area (TPSA) is 61.9 Å². The Morgan fingerprint density at radius 2 is 1.77 bits per heavy atom. The number of rotatable bonds is 2. The summed E-state index contributed by atoms with van der Waals surface area (Å²) in [7, 11) is 0. The third kappa shape index (κ3) is 3.57. The van der Waals surface area contributed by atoms with Crippen molar-refractivity contribution in [3.8, 4) is 0 Å². The van der Waals surface area contributed by atoms with Gasteiger partial charge in [-0.1, -0.05) is 19.3 Å². The largest absolute Gasteiger partial charge is 0.381 e. The molecule has 0 aromatic carbocycles. The third-order valence-corrected chi connectivity index (χ3v) is 6.97. The normalized spacial score (nSPS) is 31.6. The van der Waals surface area contributed by atoms with Gasteiger partial charge in [-0.15, -0.1) is 0 Å². The average molecular weight is 364 g/mol. The number of piperidine rings is 1. The van der Waals surface area contributed by atoms with Crippen molar-refractivity contribution in [1.82, 2.24) is 15.1 Å². The Morgan fingerprint density at radius 1 is 1.00 bits per heavy atom. The van der Waals surface area contributed by atoms with Crippen LogP contribution in [0.15, 0.2) is 0 Å². The number of amides is 3. The molecule has 1 aliphatic carbocycles. The summed E-state index contributed by atoms with van der Waals surface area (Å²) in [6, 6.07) is 0.705. The number of ether oxygens (including phenoxy) is 1. The number of nitrogens with one attached hydrogen (secondary N) is 1. The van der Waals surface area contributed by atoms with Crippen LogP contribution in [0.1, 0.15) is 64.2 Å². The van der Waals surface area contributed by atoms with Crippen LogP contribution >= 0.6 is 0 Å². The van der Waals surface area contributed by atoms with Crippen molar-refractivity contribution in [2.75, 3.05) is 32.8 Å². The highest BCUT2D eigenvalue weighted by molar-refractivity contribution is 5.86. The van der Waals surface area contributed by atoms with Gasteiger partial charge in [0.15, 0.2) is 0 Å². The monoisotopic (exact) mass is 363 g/mol. The van der Waals surface area contributed by atoms with Crippen LogP contribution in [0.3, 0.4) is 0 Å². The van der Waals surface area contributed by atoms with E-state index in [4.69, 9.17) is 4.74 Å². The zero-order valence-corrected chi connectivity index (χ0v) is 15.9. The number of carbonyl (C=O) groups is 2. The lowest BCUT2D eigenvalue weighted by molar-refractivity contribution is -0.150. The fraction of sp³-hybridized carbons (Fsp3) is 0.900. The van der Waals surface area contributed by atoms with Crippen LogP contribution in [0.5, 0.6) is 0 Å². The average Bonchev–Trinajstić information content (AvgIpc) is 3.11. The first-order chi connectivity index (χ1) is 12.7. The van der Waals surface area contributed by atoms with Crippen LogP contribution in [0.25, 0.3) is 0 Å². The van der Waals surface area contributed by atoms with Gasteiger partial charge < -0.3 is 19.9 Å². The third-order valence-electron chi connectivity index (χ3n) is 6.97. The second-order valence-corrected chi connectivity index (χ2v) is 8.68. The summed E-state index contributed by atoms with van der Waals surface area (Å²) < 4.78 is 5.46. The molecule has 0 bridgehead atoms. The van der Waals surface area contributed by atoms with Crippen molar-refractivity contribution in [2.24, 2.45) is 5.41 Å². The van der Waals surface area contributed by atoms with Crippen LogP contribution in [-0.4, -0.2) is 66.7 Å². The molecule has 0 unspecified atom stereocenters. The molecule has 0 aromatic heterocycles. The first kappa shape index (κ1) is 18.1. The van der Waals surface area contributed by atoms with Gasteiger partial charge in [0.25, 0.3) is 0 Å². The van der Waals surface area contributed by atoms with Crippen LogP contribution in [0, 0.1) is 5.41 Å². The Kier molecular flexibility index (Phi) is 5.39. The molecule has 146 valence electrons. The van der Waals surface area contributed by atoms with Gasteiger partial charge in [0.2, 0.25) is 5.91 Å². The maximum atomic E-state index is 13.3. The number of hydrogen-bond acceptors (Lipinski definition) is 3. The SMILES string of the molecule is O=C(NC1CCCCC1)N1CC[C@@]2(CCCN(C3CCOCC3)C2=O)C1. The van der Waals surface area contributed by atoms with Crippen molar-refractivity contribution in [1.29, 1.82) is 0 Å². The van der Waals surface area contributed by atoms with Crippen LogP contribution < -0.4 is 5.32 Å². The lowest BCUT2D eigenvalue weighted by Crippen LogP contribution is -2.55. The summed E-state index contributed by atoms with van der Waals surface area (Å²) in [5, 5.41) is 3.22. The molecule has 1 spiro atoms. The summed E-state index contributed by atoms with van der Waals surface area (Å²) in [6.45, 7) is 3.71. The van der Waals surface area contributed by atoms with Gasteiger partial charge in [-0.25, -0.2) is 4.79 Å². The molecule has 6 heteroatoms. The summed E-state index contributed by atoms with van der Waals surface area (Å²) >= 11 is 0. The zero-order valence-electron chi connectivity index (χ0n) is 15.9. The predicted molar refractivity (Wildman–Crippen MR) is 98.8 cm³/mol. The van der Waals surface area contributed by atoms with Crippen LogP contribution in [0.4, 0.5) is 4.79 Å². The Balaban J connectivity index is 1.37. The summed E-state index contributed by atoms with van der Waals surface area (Å²) in [5.74, 6) is 0.295. The Morgan fingerprint density at radius 3 is 2.54 bits per heavy atom. The summed E-state index contributed by atoms with van der Waals surface area (Å²) in [6.07, 6.45) is 10.6. The van der Waals surface area contributed by atoms with Crippen LogP contribution in [0.2, 0.25) is 0 Å². The second-order valence-electron chi connectivity index (χ2n) is 8.68. The maximum Gasteiger partial charge on any atom is 0.317 e. The van der Waals surface area contributed by atoms with Crippen molar-refractivity contribution < 1.29 is 14.3 Å². The molecule has 0 aromatic rings. The second kappa shape index (κ2) is 7.75. The lowest BCUT2D eigenvalue weighted by atomic mass is 9.77. The number of carbonyl (C=O) groups excluding carboxylic acids is 2.